The van der Waals surface area contributed by atoms with Gasteiger partial charge in [-0.2, -0.15) is 0 Å². The molecular formula is C14H24N4O. The average molecular weight is 264 g/mol. The Balaban J connectivity index is 2.10. The highest BCUT2D eigenvalue weighted by Crippen LogP contribution is 2.21. The molecule has 1 N–H and O–H groups in total. The molecule has 106 valence electrons. The summed E-state index contributed by atoms with van der Waals surface area (Å²) in [5.41, 5.74) is 2.24. The Bertz CT molecular complexity index is 441. The molecule has 0 amide bonds. The standard InChI is InChI=1S/C14H24N4O/c1-10(9-19)17-5-7-18(8-6-17)14-11(2)12(3)15-13(4)16-14/h10,19H,5-9H2,1-4H3/t10-/m0/s1. The lowest BCUT2D eigenvalue weighted by Crippen LogP contribution is -2.51. The van der Waals surface area contributed by atoms with Gasteiger partial charge in [-0.05, 0) is 27.7 Å². The van der Waals surface area contributed by atoms with Crippen LogP contribution in [-0.2, 0) is 0 Å². The number of aromatic nitrogens is 2. The molecule has 0 radical (unpaired) electrons. The second-order valence-electron chi connectivity index (χ2n) is 5.36. The first-order valence-corrected chi connectivity index (χ1v) is 6.94. The van der Waals surface area contributed by atoms with Crippen molar-refractivity contribution >= 4 is 5.82 Å². The van der Waals surface area contributed by atoms with E-state index in [-0.39, 0.29) is 12.6 Å². The van der Waals surface area contributed by atoms with Crippen molar-refractivity contribution in [2.45, 2.75) is 33.7 Å². The molecule has 1 aliphatic heterocycles. The Morgan fingerprint density at radius 3 is 2.32 bits per heavy atom. The maximum absolute atomic E-state index is 9.21. The van der Waals surface area contributed by atoms with E-state index in [1.165, 1.54) is 5.56 Å². The molecule has 2 rings (SSSR count). The summed E-state index contributed by atoms with van der Waals surface area (Å²) in [5, 5.41) is 9.21. The lowest BCUT2D eigenvalue weighted by atomic mass is 10.2. The number of hydrogen-bond acceptors (Lipinski definition) is 5. The molecule has 0 saturated carbocycles. The Morgan fingerprint density at radius 1 is 1.11 bits per heavy atom. The minimum absolute atomic E-state index is 0.227. The second-order valence-corrected chi connectivity index (χ2v) is 5.36. The number of rotatable bonds is 3. The van der Waals surface area contributed by atoms with Crippen LogP contribution in [-0.4, -0.2) is 58.8 Å². The van der Waals surface area contributed by atoms with Crippen molar-refractivity contribution in [3.8, 4) is 0 Å². The van der Waals surface area contributed by atoms with Gasteiger partial charge in [0.15, 0.2) is 0 Å². The maximum atomic E-state index is 9.21. The molecule has 5 heteroatoms. The van der Waals surface area contributed by atoms with E-state index in [9.17, 15) is 5.11 Å². The van der Waals surface area contributed by atoms with Crippen molar-refractivity contribution in [3.05, 3.63) is 17.1 Å². The van der Waals surface area contributed by atoms with Crippen molar-refractivity contribution < 1.29 is 5.11 Å². The van der Waals surface area contributed by atoms with Gasteiger partial charge in [-0.25, -0.2) is 9.97 Å². The zero-order valence-electron chi connectivity index (χ0n) is 12.3. The van der Waals surface area contributed by atoms with Crippen molar-refractivity contribution in [3.63, 3.8) is 0 Å². The molecule has 1 aliphatic rings. The first kappa shape index (κ1) is 14.2. The van der Waals surface area contributed by atoms with Crippen LogP contribution in [0.5, 0.6) is 0 Å². The van der Waals surface area contributed by atoms with Gasteiger partial charge in [0, 0.05) is 43.5 Å². The van der Waals surface area contributed by atoms with E-state index in [1.54, 1.807) is 0 Å². The lowest BCUT2D eigenvalue weighted by Gasteiger charge is -2.38. The van der Waals surface area contributed by atoms with E-state index in [1.807, 2.05) is 13.8 Å². The van der Waals surface area contributed by atoms with E-state index in [0.29, 0.717) is 0 Å². The van der Waals surface area contributed by atoms with Crippen LogP contribution in [0, 0.1) is 20.8 Å². The second kappa shape index (κ2) is 5.84. The predicted octanol–water partition coefficient (Wildman–Crippen LogP) is 0.905. The molecule has 1 atom stereocenters. The van der Waals surface area contributed by atoms with Crippen LogP contribution in [0.3, 0.4) is 0 Å². The van der Waals surface area contributed by atoms with Crippen molar-refractivity contribution in [2.24, 2.45) is 0 Å². The first-order valence-electron chi connectivity index (χ1n) is 6.94. The number of hydrogen-bond donors (Lipinski definition) is 1. The average Bonchev–Trinajstić information content (AvgIpc) is 2.42. The van der Waals surface area contributed by atoms with Gasteiger partial charge in [0.25, 0.3) is 0 Å². The molecule has 2 heterocycles. The highest BCUT2D eigenvalue weighted by molar-refractivity contribution is 5.48. The predicted molar refractivity (Wildman–Crippen MR) is 76.6 cm³/mol. The Hall–Kier alpha value is -1.20. The zero-order valence-corrected chi connectivity index (χ0v) is 12.3. The summed E-state index contributed by atoms with van der Waals surface area (Å²) < 4.78 is 0. The van der Waals surface area contributed by atoms with Gasteiger partial charge < -0.3 is 10.0 Å². The van der Waals surface area contributed by atoms with Gasteiger partial charge in [0.05, 0.1) is 6.61 Å². The van der Waals surface area contributed by atoms with E-state index in [2.05, 4.69) is 33.6 Å². The summed E-state index contributed by atoms with van der Waals surface area (Å²) in [5.74, 6) is 1.91. The summed E-state index contributed by atoms with van der Waals surface area (Å²) in [6, 6.07) is 0.247. The summed E-state index contributed by atoms with van der Waals surface area (Å²) >= 11 is 0. The van der Waals surface area contributed by atoms with Crippen molar-refractivity contribution in [1.82, 2.24) is 14.9 Å². The van der Waals surface area contributed by atoms with Crippen LogP contribution in [0.4, 0.5) is 5.82 Å². The molecule has 19 heavy (non-hydrogen) atoms. The fraction of sp³-hybridized carbons (Fsp3) is 0.714. The number of piperazine rings is 1. The lowest BCUT2D eigenvalue weighted by molar-refractivity contribution is 0.128. The van der Waals surface area contributed by atoms with Crippen LogP contribution in [0.1, 0.15) is 24.0 Å². The van der Waals surface area contributed by atoms with Gasteiger partial charge in [0.1, 0.15) is 11.6 Å². The van der Waals surface area contributed by atoms with Crippen LogP contribution >= 0.6 is 0 Å². The van der Waals surface area contributed by atoms with E-state index >= 15 is 0 Å². The van der Waals surface area contributed by atoms with Gasteiger partial charge in [0.2, 0.25) is 0 Å². The molecule has 5 nitrogen and oxygen atoms in total. The third-order valence-electron chi connectivity index (χ3n) is 3.98. The number of aliphatic hydroxyl groups excluding tert-OH is 1. The fourth-order valence-electron chi connectivity index (χ4n) is 2.55. The maximum Gasteiger partial charge on any atom is 0.135 e. The van der Waals surface area contributed by atoms with E-state index in [0.717, 1.165) is 43.5 Å². The molecule has 0 unspecified atom stereocenters. The molecule has 0 aliphatic carbocycles. The molecule has 1 aromatic rings. The van der Waals surface area contributed by atoms with Crippen LogP contribution in [0.15, 0.2) is 0 Å². The third kappa shape index (κ3) is 3.04. The summed E-state index contributed by atoms with van der Waals surface area (Å²) in [6.07, 6.45) is 0. The highest BCUT2D eigenvalue weighted by atomic mass is 16.3. The van der Waals surface area contributed by atoms with Crippen LogP contribution in [0.2, 0.25) is 0 Å². The number of anilines is 1. The topological polar surface area (TPSA) is 52.5 Å². The summed E-state index contributed by atoms with van der Waals surface area (Å²) in [4.78, 5) is 13.7. The Kier molecular flexibility index (Phi) is 4.37. The molecule has 1 saturated heterocycles. The zero-order chi connectivity index (χ0) is 14.0. The van der Waals surface area contributed by atoms with Crippen LogP contribution < -0.4 is 4.90 Å². The summed E-state index contributed by atoms with van der Waals surface area (Å²) in [6.45, 7) is 12.2. The number of nitrogens with zero attached hydrogens (tertiary/aromatic N) is 4. The SMILES string of the molecule is Cc1nc(C)c(C)c(N2CCN([C@@H](C)CO)CC2)n1. The Labute approximate surface area is 115 Å². The molecule has 1 fully saturated rings. The van der Waals surface area contributed by atoms with Gasteiger partial charge >= 0.3 is 0 Å². The Morgan fingerprint density at radius 2 is 1.74 bits per heavy atom. The van der Waals surface area contributed by atoms with E-state index in [4.69, 9.17) is 0 Å². The van der Waals surface area contributed by atoms with Gasteiger partial charge in [-0.15, -0.1) is 0 Å². The molecule has 0 aromatic carbocycles. The third-order valence-corrected chi connectivity index (χ3v) is 3.98. The molecule has 1 aromatic heterocycles. The number of aryl methyl sites for hydroxylation is 2. The first-order chi connectivity index (χ1) is 9.02. The molecule has 0 bridgehead atoms. The minimum atomic E-state index is 0.227. The molecule has 0 spiro atoms. The monoisotopic (exact) mass is 264 g/mol. The molecular weight excluding hydrogens is 240 g/mol. The van der Waals surface area contributed by atoms with E-state index < -0.39 is 0 Å². The largest absolute Gasteiger partial charge is 0.395 e. The van der Waals surface area contributed by atoms with Crippen molar-refractivity contribution in [2.75, 3.05) is 37.7 Å². The quantitative estimate of drug-likeness (QED) is 0.879. The highest BCUT2D eigenvalue weighted by Gasteiger charge is 2.23. The van der Waals surface area contributed by atoms with Gasteiger partial charge in [-0.3, -0.25) is 4.90 Å². The summed E-state index contributed by atoms with van der Waals surface area (Å²) in [7, 11) is 0. The minimum Gasteiger partial charge on any atom is -0.395 e. The normalized spacial score (nSPS) is 18.7. The van der Waals surface area contributed by atoms with Crippen LogP contribution in [0.25, 0.3) is 0 Å². The van der Waals surface area contributed by atoms with Crippen molar-refractivity contribution in [1.29, 1.82) is 0 Å². The number of aliphatic hydroxyl groups is 1. The smallest absolute Gasteiger partial charge is 0.135 e. The van der Waals surface area contributed by atoms with Gasteiger partial charge in [-0.1, -0.05) is 0 Å². The fourth-order valence-corrected chi connectivity index (χ4v) is 2.55.